The van der Waals surface area contributed by atoms with Crippen molar-refractivity contribution in [1.82, 2.24) is 25.6 Å². The van der Waals surface area contributed by atoms with Gasteiger partial charge in [0.15, 0.2) is 0 Å². The average molecular weight is 658 g/mol. The Hall–Kier alpha value is -4.02. The van der Waals surface area contributed by atoms with Crippen LogP contribution in [0.4, 0.5) is 4.79 Å². The number of para-hydroxylation sites is 1. The van der Waals surface area contributed by atoms with Crippen LogP contribution in [0.2, 0.25) is 0 Å². The van der Waals surface area contributed by atoms with Gasteiger partial charge in [0.1, 0.15) is 17.3 Å². The summed E-state index contributed by atoms with van der Waals surface area (Å²) in [6.07, 6.45) is 3.40. The smallest absolute Gasteiger partial charge is 0.424 e. The Morgan fingerprint density at radius 3 is 2.27 bits per heavy atom. The van der Waals surface area contributed by atoms with Gasteiger partial charge in [-0.05, 0) is 75.5 Å². The second-order valence-corrected chi connectivity index (χ2v) is 14.7. The fourth-order valence-corrected chi connectivity index (χ4v) is 6.86. The van der Waals surface area contributed by atoms with Crippen molar-refractivity contribution in [2.45, 2.75) is 90.5 Å². The van der Waals surface area contributed by atoms with E-state index in [1.165, 1.54) is 0 Å². The van der Waals surface area contributed by atoms with Crippen molar-refractivity contribution < 1.29 is 24.2 Å². The van der Waals surface area contributed by atoms with Gasteiger partial charge in [0, 0.05) is 25.0 Å². The van der Waals surface area contributed by atoms with Crippen LogP contribution in [0.1, 0.15) is 76.4 Å². The highest BCUT2D eigenvalue weighted by Crippen LogP contribution is 2.36. The van der Waals surface area contributed by atoms with E-state index in [1.807, 2.05) is 100 Å². The Kier molecular flexibility index (Phi) is 11.4. The molecule has 3 amide bonds. The Bertz CT molecular complexity index is 1560. The maximum absolute atomic E-state index is 13.9. The molecule has 0 bridgehead atoms. The Balaban J connectivity index is 1.34. The van der Waals surface area contributed by atoms with Crippen molar-refractivity contribution in [1.29, 1.82) is 0 Å². The van der Waals surface area contributed by atoms with E-state index < -0.39 is 41.7 Å². The summed E-state index contributed by atoms with van der Waals surface area (Å²) in [6.45, 7) is 10.6. The molecule has 48 heavy (non-hydrogen) atoms. The molecule has 5 rings (SSSR count). The minimum Gasteiger partial charge on any atom is -0.443 e. The number of β-amino-alcohol motifs (C(OH)–C–C–N with tert-alkyl or cyclic N) is 1. The lowest BCUT2D eigenvalue weighted by atomic mass is 9.77. The minimum atomic E-state index is -1.02. The molecule has 3 aromatic rings. The normalized spacial score (nSPS) is 20.4. The highest BCUT2D eigenvalue weighted by atomic mass is 16.6. The summed E-state index contributed by atoms with van der Waals surface area (Å²) in [4.78, 5) is 45.2. The molecule has 258 valence electrons. The molecule has 3 N–H and O–H groups in total. The number of benzene rings is 2. The maximum atomic E-state index is 13.9. The number of nitrogens with zero attached hydrogens (tertiary/aromatic N) is 3. The van der Waals surface area contributed by atoms with Crippen molar-refractivity contribution in [2.75, 3.05) is 19.6 Å². The van der Waals surface area contributed by atoms with E-state index in [0.29, 0.717) is 36.9 Å². The first-order valence-corrected chi connectivity index (χ1v) is 17.3. The van der Waals surface area contributed by atoms with Gasteiger partial charge in [0.25, 0.3) is 5.91 Å². The minimum absolute atomic E-state index is 0.139. The SMILES string of the molecule is CC(C)[C@H](NC(=O)c1ccc2ccccc2n1)C(=O)N[C@@H](Cc1ccccc1)C(O)CN1CC2CCCCC2CN1C(=O)OC(C)(C)C. The number of aliphatic hydroxyl groups is 1. The topological polar surface area (TPSA) is 124 Å². The number of nitrogens with one attached hydrogen (secondary N) is 2. The van der Waals surface area contributed by atoms with E-state index in [-0.39, 0.29) is 18.2 Å². The summed E-state index contributed by atoms with van der Waals surface area (Å²) in [6, 6.07) is 19.2. The molecule has 5 atom stereocenters. The number of hydrazine groups is 1. The van der Waals surface area contributed by atoms with Gasteiger partial charge in [-0.15, -0.1) is 0 Å². The third-order valence-electron chi connectivity index (χ3n) is 9.42. The largest absolute Gasteiger partial charge is 0.443 e. The zero-order chi connectivity index (χ0) is 34.4. The summed E-state index contributed by atoms with van der Waals surface area (Å²) in [5, 5.41) is 22.3. The predicted molar refractivity (Wildman–Crippen MR) is 186 cm³/mol. The monoisotopic (exact) mass is 657 g/mol. The molecule has 2 aliphatic rings. The second-order valence-electron chi connectivity index (χ2n) is 14.7. The van der Waals surface area contributed by atoms with Crippen molar-refractivity contribution in [2.24, 2.45) is 17.8 Å². The Labute approximate surface area is 284 Å². The molecule has 0 radical (unpaired) electrons. The molecule has 10 nitrogen and oxygen atoms in total. The molecule has 1 saturated carbocycles. The van der Waals surface area contributed by atoms with Gasteiger partial charge in [0.2, 0.25) is 5.91 Å². The number of amides is 3. The summed E-state index contributed by atoms with van der Waals surface area (Å²) in [5.41, 5.74) is 1.20. The first-order valence-electron chi connectivity index (χ1n) is 17.3. The van der Waals surface area contributed by atoms with Crippen molar-refractivity contribution in [3.63, 3.8) is 0 Å². The van der Waals surface area contributed by atoms with Crippen LogP contribution in [0, 0.1) is 17.8 Å². The van der Waals surface area contributed by atoms with Crippen molar-refractivity contribution >= 4 is 28.8 Å². The zero-order valence-electron chi connectivity index (χ0n) is 28.9. The van der Waals surface area contributed by atoms with Crippen LogP contribution in [0.15, 0.2) is 66.7 Å². The molecule has 3 unspecified atom stereocenters. The third kappa shape index (κ3) is 9.11. The molecular formula is C38H51N5O5. The number of pyridine rings is 1. The van der Waals surface area contributed by atoms with Crippen LogP contribution in [-0.4, -0.2) is 81.4 Å². The summed E-state index contributed by atoms with van der Waals surface area (Å²) < 4.78 is 5.79. The van der Waals surface area contributed by atoms with Crippen LogP contribution in [0.3, 0.4) is 0 Å². The molecule has 0 spiro atoms. The van der Waals surface area contributed by atoms with Crippen LogP contribution in [0.25, 0.3) is 10.9 Å². The molecule has 1 saturated heterocycles. The van der Waals surface area contributed by atoms with E-state index in [0.717, 1.165) is 36.6 Å². The number of hydrogen-bond acceptors (Lipinski definition) is 7. The fraction of sp³-hybridized carbons (Fsp3) is 0.526. The van der Waals surface area contributed by atoms with E-state index in [9.17, 15) is 19.5 Å². The molecule has 2 heterocycles. The van der Waals surface area contributed by atoms with Gasteiger partial charge in [-0.3, -0.25) is 9.59 Å². The molecule has 1 aliphatic carbocycles. The summed E-state index contributed by atoms with van der Waals surface area (Å²) >= 11 is 0. The third-order valence-corrected chi connectivity index (χ3v) is 9.42. The van der Waals surface area contributed by atoms with Crippen LogP contribution in [-0.2, 0) is 16.0 Å². The molecule has 1 aromatic heterocycles. The zero-order valence-corrected chi connectivity index (χ0v) is 28.9. The average Bonchev–Trinajstić information content (AvgIpc) is 3.05. The van der Waals surface area contributed by atoms with Crippen molar-refractivity contribution in [3.05, 3.63) is 78.0 Å². The quantitative estimate of drug-likeness (QED) is 0.269. The number of carbonyl (C=O) groups excluding carboxylic acids is 3. The summed E-state index contributed by atoms with van der Waals surface area (Å²) in [7, 11) is 0. The Morgan fingerprint density at radius 2 is 1.58 bits per heavy atom. The van der Waals surface area contributed by atoms with E-state index in [2.05, 4.69) is 15.6 Å². The number of hydrogen-bond donors (Lipinski definition) is 3. The lowest BCUT2D eigenvalue weighted by molar-refractivity contribution is -0.129. The molecule has 1 aliphatic heterocycles. The first-order chi connectivity index (χ1) is 22.9. The van der Waals surface area contributed by atoms with Crippen LogP contribution >= 0.6 is 0 Å². The van der Waals surface area contributed by atoms with Gasteiger partial charge in [-0.25, -0.2) is 19.8 Å². The first kappa shape index (κ1) is 35.3. The Morgan fingerprint density at radius 1 is 0.917 bits per heavy atom. The highest BCUT2D eigenvalue weighted by molar-refractivity contribution is 5.98. The molecular weight excluding hydrogens is 606 g/mol. The van der Waals surface area contributed by atoms with Gasteiger partial charge >= 0.3 is 6.09 Å². The lowest BCUT2D eigenvalue weighted by Crippen LogP contribution is -2.62. The lowest BCUT2D eigenvalue weighted by Gasteiger charge is -2.48. The number of aliphatic hydroxyl groups excluding tert-OH is 1. The number of carbonyl (C=O) groups is 3. The highest BCUT2D eigenvalue weighted by Gasteiger charge is 2.41. The van der Waals surface area contributed by atoms with Crippen LogP contribution < -0.4 is 10.6 Å². The van der Waals surface area contributed by atoms with E-state index in [4.69, 9.17) is 4.74 Å². The molecule has 2 aromatic carbocycles. The van der Waals surface area contributed by atoms with Gasteiger partial charge < -0.3 is 20.5 Å². The number of aromatic nitrogens is 1. The van der Waals surface area contributed by atoms with E-state index >= 15 is 0 Å². The van der Waals surface area contributed by atoms with Gasteiger partial charge in [-0.1, -0.05) is 81.3 Å². The van der Waals surface area contributed by atoms with E-state index in [1.54, 1.807) is 11.1 Å². The number of fused-ring (bicyclic) bond motifs is 2. The van der Waals surface area contributed by atoms with Crippen molar-refractivity contribution in [3.8, 4) is 0 Å². The fourth-order valence-electron chi connectivity index (χ4n) is 6.86. The second kappa shape index (κ2) is 15.5. The molecule has 10 heteroatoms. The maximum Gasteiger partial charge on any atom is 0.424 e. The standard InChI is InChI=1S/C38H51N5O5/c1-25(2)34(41-35(45)31-20-19-27-15-11-12-18-30(27)39-31)36(46)40-32(21-26-13-7-6-8-14-26)33(44)24-42-22-28-16-9-10-17-29(28)23-43(42)37(47)48-38(3,4)5/h6-8,11-15,18-20,25,28-29,32-34,44H,9-10,16-17,21-24H2,1-5H3,(H,40,46)(H,41,45)/t28?,29?,32-,33?,34-/m0/s1. The van der Waals surface area contributed by atoms with Gasteiger partial charge in [-0.2, -0.15) is 0 Å². The van der Waals surface area contributed by atoms with Gasteiger partial charge in [0.05, 0.1) is 17.7 Å². The predicted octanol–water partition coefficient (Wildman–Crippen LogP) is 5.35. The molecule has 2 fully saturated rings. The number of ether oxygens (including phenoxy) is 1. The summed E-state index contributed by atoms with van der Waals surface area (Å²) in [5.74, 6) is -0.257. The number of rotatable bonds is 10. The van der Waals surface area contributed by atoms with Crippen LogP contribution in [0.5, 0.6) is 0 Å².